The van der Waals surface area contributed by atoms with Crippen molar-refractivity contribution in [1.82, 2.24) is 0 Å². The summed E-state index contributed by atoms with van der Waals surface area (Å²) >= 11 is 0. The predicted molar refractivity (Wildman–Crippen MR) is 29.3 cm³/mol. The van der Waals surface area contributed by atoms with Crippen molar-refractivity contribution in [3.63, 3.8) is 0 Å². The van der Waals surface area contributed by atoms with E-state index < -0.39 is 14.8 Å². The van der Waals surface area contributed by atoms with Crippen LogP contribution < -0.4 is 5.14 Å². The summed E-state index contributed by atoms with van der Waals surface area (Å²) in [5.74, 6) is 4.78. The minimum Gasteiger partial charge on any atom is -0.227 e. The van der Waals surface area contributed by atoms with E-state index in [0.29, 0.717) is 0 Å². The van der Waals surface area contributed by atoms with Gasteiger partial charge in [-0.15, -0.1) is 0 Å². The number of hydrogen-bond acceptors (Lipinski definition) is 2. The molecule has 0 aromatic heterocycles. The molecule has 0 amide bonds. The number of nitrogens with two attached hydrogens (primary N) is 1. The highest BCUT2D eigenvalue weighted by molar-refractivity contribution is 7.91. The van der Waals surface area contributed by atoms with Gasteiger partial charge in [-0.3, -0.25) is 0 Å². The molecular weight excluding hydrogens is 126 g/mol. The fourth-order valence-electron chi connectivity index (χ4n) is 0.230. The van der Waals surface area contributed by atoms with Crippen LogP contribution in [0.15, 0.2) is 0 Å². The van der Waals surface area contributed by atoms with Gasteiger partial charge in [0.05, 0.1) is 0 Å². The van der Waals surface area contributed by atoms with Crippen LogP contribution >= 0.6 is 0 Å². The zero-order valence-electron chi connectivity index (χ0n) is 4.30. The first-order valence-corrected chi connectivity index (χ1v) is 3.57. The van der Waals surface area contributed by atoms with Gasteiger partial charge in [0.1, 0.15) is 0 Å². The lowest BCUT2D eigenvalue weighted by molar-refractivity contribution is 0.589. The average Bonchev–Trinajstić information content (AvgIpc) is 2.16. The normalized spacial score (nSPS) is 21.2. The smallest absolute Gasteiger partial charge is 0.227 e. The molecule has 0 unspecified atom stereocenters. The van der Waals surface area contributed by atoms with E-state index in [4.69, 9.17) is 5.14 Å². The molecule has 1 aliphatic carbocycles. The first-order chi connectivity index (χ1) is 3.46. The summed E-state index contributed by atoms with van der Waals surface area (Å²) in [5, 5.41) is 4.72. The van der Waals surface area contributed by atoms with E-state index in [-0.39, 0.29) is 0 Å². The van der Waals surface area contributed by atoms with E-state index in [1.165, 1.54) is 6.92 Å². The van der Waals surface area contributed by atoms with Gasteiger partial charge >= 0.3 is 0 Å². The third-order valence-corrected chi connectivity index (χ3v) is 2.39. The molecule has 0 heterocycles. The predicted octanol–water partition coefficient (Wildman–Crippen LogP) is -0.949. The maximum absolute atomic E-state index is 10.4. The molecule has 1 aliphatic rings. The van der Waals surface area contributed by atoms with E-state index in [1.54, 1.807) is 0 Å². The van der Waals surface area contributed by atoms with Crippen LogP contribution in [0.25, 0.3) is 0 Å². The zero-order valence-corrected chi connectivity index (χ0v) is 5.12. The summed E-state index contributed by atoms with van der Waals surface area (Å²) in [6.45, 7) is 1.45. The molecule has 0 spiro atoms. The quantitative estimate of drug-likeness (QED) is 0.466. The molecule has 0 aromatic carbocycles. The number of hydrogen-bond donors (Lipinski definition) is 1. The van der Waals surface area contributed by atoms with Crippen molar-refractivity contribution in [3.05, 3.63) is 0 Å². The molecule has 1 rings (SSSR count). The highest BCUT2D eigenvalue weighted by Gasteiger charge is 2.40. The van der Waals surface area contributed by atoms with Crippen molar-refractivity contribution in [1.29, 1.82) is 0 Å². The molecule has 0 radical (unpaired) electrons. The van der Waals surface area contributed by atoms with Crippen LogP contribution in [0.5, 0.6) is 0 Å². The van der Waals surface area contributed by atoms with Gasteiger partial charge in [-0.05, 0) is 6.92 Å². The van der Waals surface area contributed by atoms with Crippen LogP contribution in [-0.4, -0.2) is 13.2 Å². The molecule has 0 fully saturated rings. The largest absolute Gasteiger partial charge is 0.237 e. The highest BCUT2D eigenvalue weighted by Crippen LogP contribution is 2.20. The molecule has 2 N–H and O–H groups in total. The first-order valence-electron chi connectivity index (χ1n) is 2.02. The van der Waals surface area contributed by atoms with Crippen molar-refractivity contribution in [2.24, 2.45) is 5.14 Å². The van der Waals surface area contributed by atoms with Gasteiger partial charge in [-0.2, -0.15) is 0 Å². The van der Waals surface area contributed by atoms with Crippen LogP contribution in [0.4, 0.5) is 0 Å². The molecule has 4 heteroatoms. The van der Waals surface area contributed by atoms with E-state index in [2.05, 4.69) is 11.8 Å². The van der Waals surface area contributed by atoms with Gasteiger partial charge in [0, 0.05) is 0 Å². The summed E-state index contributed by atoms with van der Waals surface area (Å²) < 4.78 is 19.7. The van der Waals surface area contributed by atoms with Gasteiger partial charge < -0.3 is 0 Å². The van der Waals surface area contributed by atoms with Crippen molar-refractivity contribution >= 4 is 10.0 Å². The molecular formula is C4H5NO2S. The fraction of sp³-hybridized carbons (Fsp3) is 0.500. The van der Waals surface area contributed by atoms with E-state index in [9.17, 15) is 8.42 Å². The Morgan fingerprint density at radius 2 is 1.88 bits per heavy atom. The van der Waals surface area contributed by atoms with Crippen LogP contribution in [0.1, 0.15) is 6.92 Å². The summed E-state index contributed by atoms with van der Waals surface area (Å²) in [6, 6.07) is 0. The molecule has 8 heavy (non-hydrogen) atoms. The lowest BCUT2D eigenvalue weighted by Gasteiger charge is -2.00. The Morgan fingerprint density at radius 3 is 1.88 bits per heavy atom. The molecule has 44 valence electrons. The Hall–Kier alpha value is -0.530. The van der Waals surface area contributed by atoms with E-state index in [0.717, 1.165) is 0 Å². The lowest BCUT2D eigenvalue weighted by atomic mass is 10.4. The third kappa shape index (κ3) is 0.602. The SMILES string of the molecule is CC1(S(N)(=O)=O)C#C1. The standard InChI is InChI=1S/C4H5NO2S/c1-4(2-3-4)8(5,6)7/h1H3,(H2,5,6,7). The Kier molecular flexibility index (Phi) is 0.747. The minimum absolute atomic E-state index is 1.06. The Labute approximate surface area is 47.9 Å². The fourth-order valence-corrected chi connectivity index (χ4v) is 0.566. The van der Waals surface area contributed by atoms with Crippen LogP contribution in [0.2, 0.25) is 0 Å². The monoisotopic (exact) mass is 131 g/mol. The lowest BCUT2D eigenvalue weighted by Crippen LogP contribution is -2.30. The second-order valence-electron chi connectivity index (χ2n) is 1.83. The second kappa shape index (κ2) is 1.07. The van der Waals surface area contributed by atoms with Crippen molar-refractivity contribution < 1.29 is 8.42 Å². The second-order valence-corrected chi connectivity index (χ2v) is 3.73. The van der Waals surface area contributed by atoms with Crippen molar-refractivity contribution in [2.45, 2.75) is 11.7 Å². The molecule has 0 aliphatic heterocycles. The number of primary sulfonamides is 1. The van der Waals surface area contributed by atoms with Crippen molar-refractivity contribution in [3.8, 4) is 11.8 Å². The summed E-state index contributed by atoms with van der Waals surface area (Å²) in [4.78, 5) is 0. The van der Waals surface area contributed by atoms with Gasteiger partial charge in [-0.25, -0.2) is 13.6 Å². The van der Waals surface area contributed by atoms with Gasteiger partial charge in [0.15, 0.2) is 0 Å². The topological polar surface area (TPSA) is 60.2 Å². The Bertz CT molecular complexity index is 258. The highest BCUT2D eigenvalue weighted by atomic mass is 32.2. The maximum Gasteiger partial charge on any atom is 0.237 e. The van der Waals surface area contributed by atoms with Gasteiger partial charge in [0.25, 0.3) is 0 Å². The molecule has 0 atom stereocenters. The molecule has 0 saturated carbocycles. The first kappa shape index (κ1) is 5.60. The summed E-state index contributed by atoms with van der Waals surface area (Å²) in [5.41, 5.74) is 0. The minimum atomic E-state index is -3.45. The number of sulfonamides is 1. The van der Waals surface area contributed by atoms with Gasteiger partial charge in [0.2, 0.25) is 14.8 Å². The van der Waals surface area contributed by atoms with Crippen LogP contribution in [0.3, 0.4) is 0 Å². The van der Waals surface area contributed by atoms with E-state index in [1.807, 2.05) is 0 Å². The molecule has 3 nitrogen and oxygen atoms in total. The third-order valence-electron chi connectivity index (χ3n) is 1.05. The summed E-state index contributed by atoms with van der Waals surface area (Å²) in [6.07, 6.45) is 0. The Morgan fingerprint density at radius 1 is 1.50 bits per heavy atom. The van der Waals surface area contributed by atoms with E-state index >= 15 is 0 Å². The van der Waals surface area contributed by atoms with Crippen LogP contribution in [0, 0.1) is 11.8 Å². The van der Waals surface area contributed by atoms with Crippen LogP contribution in [-0.2, 0) is 10.0 Å². The average molecular weight is 131 g/mol. The van der Waals surface area contributed by atoms with Gasteiger partial charge in [-0.1, -0.05) is 11.8 Å². The zero-order chi connectivity index (χ0) is 6.41. The van der Waals surface area contributed by atoms with Crippen molar-refractivity contribution in [2.75, 3.05) is 0 Å². The molecule has 0 bridgehead atoms. The molecule has 0 aromatic rings. The maximum atomic E-state index is 10.4. The summed E-state index contributed by atoms with van der Waals surface area (Å²) in [7, 11) is -3.45. The number of rotatable bonds is 1. The Balaban J connectivity index is 2.93. The molecule has 0 saturated heterocycles.